The van der Waals surface area contributed by atoms with Crippen LogP contribution in [0.25, 0.3) is 32.2 Å². The average Bonchev–Trinajstić information content (AvgIpc) is 3.64. The zero-order valence-corrected chi connectivity index (χ0v) is 25.7. The highest BCUT2D eigenvalue weighted by molar-refractivity contribution is 7.22. The standard InChI is InChI=1S/C35H34N6OS/c1-21(2)33-25(24-10-8-13-30-27(24)19-36-41(30)22(3)4)15-16-32(38-33)40-18-17-23-9-7-11-26(28(23)20-40)34(42)39-35-37-29-12-5-6-14-31(29)43-35/h5-16,19,21-22H,17-18,20H2,1-4H3,(H,37,39,42). The summed E-state index contributed by atoms with van der Waals surface area (Å²) in [5.74, 6) is 1.04. The highest BCUT2D eigenvalue weighted by Crippen LogP contribution is 2.36. The molecular weight excluding hydrogens is 552 g/mol. The minimum absolute atomic E-state index is 0.126. The van der Waals surface area contributed by atoms with Crippen LogP contribution in [0.5, 0.6) is 0 Å². The van der Waals surface area contributed by atoms with Crippen molar-refractivity contribution in [3.63, 3.8) is 0 Å². The molecule has 1 aliphatic heterocycles. The van der Waals surface area contributed by atoms with Crippen molar-refractivity contribution in [1.29, 1.82) is 0 Å². The fourth-order valence-corrected chi connectivity index (χ4v) is 6.97. The van der Waals surface area contributed by atoms with E-state index in [-0.39, 0.29) is 17.9 Å². The molecule has 6 aromatic rings. The molecule has 3 aromatic heterocycles. The van der Waals surface area contributed by atoms with E-state index >= 15 is 0 Å². The summed E-state index contributed by atoms with van der Waals surface area (Å²) in [6, 6.07) is 25.0. The van der Waals surface area contributed by atoms with Crippen molar-refractivity contribution in [3.05, 3.63) is 101 Å². The number of thiazole rings is 1. The van der Waals surface area contributed by atoms with Crippen LogP contribution in [0.15, 0.2) is 79.0 Å². The van der Waals surface area contributed by atoms with Gasteiger partial charge in [-0.3, -0.25) is 14.8 Å². The Labute approximate surface area is 255 Å². The van der Waals surface area contributed by atoms with Gasteiger partial charge >= 0.3 is 0 Å². The summed E-state index contributed by atoms with van der Waals surface area (Å²) in [5.41, 5.74) is 8.34. The third-order valence-corrected chi connectivity index (χ3v) is 9.19. The Morgan fingerprint density at radius 3 is 2.56 bits per heavy atom. The second-order valence-electron chi connectivity index (χ2n) is 11.7. The van der Waals surface area contributed by atoms with Crippen molar-refractivity contribution < 1.29 is 4.79 Å². The molecular formula is C35H34N6OS. The molecule has 7 nitrogen and oxygen atoms in total. The van der Waals surface area contributed by atoms with Gasteiger partial charge in [-0.25, -0.2) is 9.97 Å². The number of carbonyl (C=O) groups is 1. The monoisotopic (exact) mass is 586 g/mol. The number of fused-ring (bicyclic) bond motifs is 3. The van der Waals surface area contributed by atoms with Gasteiger partial charge in [-0.2, -0.15) is 5.10 Å². The van der Waals surface area contributed by atoms with Gasteiger partial charge in [0, 0.05) is 35.6 Å². The Morgan fingerprint density at radius 1 is 0.907 bits per heavy atom. The lowest BCUT2D eigenvalue weighted by molar-refractivity contribution is 0.102. The molecule has 7 rings (SSSR count). The number of aromatic nitrogens is 4. The number of benzene rings is 3. The first-order valence-electron chi connectivity index (χ1n) is 14.9. The van der Waals surface area contributed by atoms with Crippen LogP contribution in [-0.4, -0.2) is 32.2 Å². The first-order valence-corrected chi connectivity index (χ1v) is 15.7. The Balaban J connectivity index is 1.20. The van der Waals surface area contributed by atoms with Crippen molar-refractivity contribution in [2.24, 2.45) is 0 Å². The molecule has 0 bridgehead atoms. The SMILES string of the molecule is CC(C)c1nc(N2CCc3cccc(C(=O)Nc4nc5ccccc5s4)c3C2)ccc1-c1cccc2c1cnn2C(C)C. The fourth-order valence-electron chi connectivity index (χ4n) is 6.10. The van der Waals surface area contributed by atoms with E-state index < -0.39 is 0 Å². The highest BCUT2D eigenvalue weighted by Gasteiger charge is 2.25. The summed E-state index contributed by atoms with van der Waals surface area (Å²) >= 11 is 1.49. The first-order chi connectivity index (χ1) is 20.9. The largest absolute Gasteiger partial charge is 0.352 e. The quantitative estimate of drug-likeness (QED) is 0.213. The van der Waals surface area contributed by atoms with Gasteiger partial charge in [-0.15, -0.1) is 0 Å². The molecule has 1 aliphatic rings. The Kier molecular flexibility index (Phi) is 6.94. The van der Waals surface area contributed by atoms with Crippen LogP contribution >= 0.6 is 11.3 Å². The number of nitrogens with one attached hydrogen (secondary N) is 1. The molecule has 0 fully saturated rings. The summed E-state index contributed by atoms with van der Waals surface area (Å²) in [7, 11) is 0. The summed E-state index contributed by atoms with van der Waals surface area (Å²) in [6.45, 7) is 10.2. The summed E-state index contributed by atoms with van der Waals surface area (Å²) in [4.78, 5) is 25.7. The van der Waals surface area contributed by atoms with Gasteiger partial charge in [0.25, 0.3) is 5.91 Å². The Morgan fingerprint density at radius 2 is 1.74 bits per heavy atom. The molecule has 4 heterocycles. The van der Waals surface area contributed by atoms with Gasteiger partial charge < -0.3 is 4.90 Å². The molecule has 8 heteroatoms. The van der Waals surface area contributed by atoms with Crippen molar-refractivity contribution in [2.45, 2.75) is 52.6 Å². The molecule has 0 saturated heterocycles. The van der Waals surface area contributed by atoms with Crippen molar-refractivity contribution >= 4 is 49.3 Å². The Bertz CT molecular complexity index is 1950. The zero-order chi connectivity index (χ0) is 29.7. The van der Waals surface area contributed by atoms with Crippen LogP contribution in [0, 0.1) is 0 Å². The maximum absolute atomic E-state index is 13.5. The molecule has 0 saturated carbocycles. The van der Waals surface area contributed by atoms with Crippen LogP contribution in [0.3, 0.4) is 0 Å². The maximum atomic E-state index is 13.5. The maximum Gasteiger partial charge on any atom is 0.257 e. The number of carbonyl (C=O) groups excluding carboxylic acids is 1. The van der Waals surface area contributed by atoms with Crippen LogP contribution < -0.4 is 10.2 Å². The highest BCUT2D eigenvalue weighted by atomic mass is 32.1. The number of pyridine rings is 1. The lowest BCUT2D eigenvalue weighted by atomic mass is 9.93. The van der Waals surface area contributed by atoms with Gasteiger partial charge in [-0.1, -0.05) is 61.6 Å². The average molecular weight is 587 g/mol. The lowest BCUT2D eigenvalue weighted by Gasteiger charge is -2.31. The molecule has 0 radical (unpaired) electrons. The fraction of sp³-hybridized carbons (Fsp3) is 0.257. The molecule has 0 atom stereocenters. The van der Waals surface area contributed by atoms with Crippen LogP contribution in [-0.2, 0) is 13.0 Å². The van der Waals surface area contributed by atoms with E-state index in [1.54, 1.807) is 0 Å². The number of para-hydroxylation sites is 1. The second-order valence-corrected chi connectivity index (χ2v) is 12.8. The second kappa shape index (κ2) is 10.9. The molecule has 1 N–H and O–H groups in total. The van der Waals surface area contributed by atoms with Crippen molar-refractivity contribution in [2.75, 3.05) is 16.8 Å². The van der Waals surface area contributed by atoms with Crippen LogP contribution in [0.1, 0.15) is 66.8 Å². The van der Waals surface area contributed by atoms with Crippen LogP contribution in [0.4, 0.5) is 10.9 Å². The van der Waals surface area contributed by atoms with Crippen molar-refractivity contribution in [3.8, 4) is 11.1 Å². The van der Waals surface area contributed by atoms with E-state index in [4.69, 9.17) is 4.98 Å². The number of nitrogens with zero attached hydrogens (tertiary/aromatic N) is 5. The first kappa shape index (κ1) is 27.3. The molecule has 1 amide bonds. The van der Waals surface area contributed by atoms with E-state index in [1.165, 1.54) is 16.9 Å². The van der Waals surface area contributed by atoms with Gasteiger partial charge in [-0.05, 0) is 79.3 Å². The molecule has 43 heavy (non-hydrogen) atoms. The normalized spacial score (nSPS) is 13.3. The predicted molar refractivity (Wildman–Crippen MR) is 176 cm³/mol. The number of anilines is 2. The van der Waals surface area contributed by atoms with Crippen LogP contribution in [0.2, 0.25) is 0 Å². The third-order valence-electron chi connectivity index (χ3n) is 8.23. The zero-order valence-electron chi connectivity index (χ0n) is 24.8. The number of hydrogen-bond donors (Lipinski definition) is 1. The topological polar surface area (TPSA) is 75.9 Å². The Hall–Kier alpha value is -4.56. The molecule has 0 aliphatic carbocycles. The predicted octanol–water partition coefficient (Wildman–Crippen LogP) is 8.23. The van der Waals surface area contributed by atoms with E-state index in [0.717, 1.165) is 62.3 Å². The van der Waals surface area contributed by atoms with Gasteiger partial charge in [0.2, 0.25) is 0 Å². The lowest BCUT2D eigenvalue weighted by Crippen LogP contribution is -2.33. The number of rotatable bonds is 6. The summed E-state index contributed by atoms with van der Waals surface area (Å²) < 4.78 is 3.13. The van der Waals surface area contributed by atoms with E-state index in [1.807, 2.05) is 42.6 Å². The minimum Gasteiger partial charge on any atom is -0.352 e. The molecule has 216 valence electrons. The van der Waals surface area contributed by atoms with Gasteiger partial charge in [0.05, 0.1) is 27.6 Å². The summed E-state index contributed by atoms with van der Waals surface area (Å²) in [5, 5.41) is 9.49. The van der Waals surface area contributed by atoms with E-state index in [2.05, 4.69) is 89.1 Å². The van der Waals surface area contributed by atoms with Gasteiger partial charge in [0.1, 0.15) is 5.82 Å². The van der Waals surface area contributed by atoms with Gasteiger partial charge in [0.15, 0.2) is 5.13 Å². The minimum atomic E-state index is -0.126. The van der Waals surface area contributed by atoms with E-state index in [9.17, 15) is 4.79 Å². The van der Waals surface area contributed by atoms with E-state index in [0.29, 0.717) is 17.2 Å². The van der Waals surface area contributed by atoms with Crippen molar-refractivity contribution in [1.82, 2.24) is 19.7 Å². The molecule has 3 aromatic carbocycles. The third kappa shape index (κ3) is 4.95. The number of amides is 1. The molecule has 0 spiro atoms. The molecule has 0 unspecified atom stereocenters. The summed E-state index contributed by atoms with van der Waals surface area (Å²) in [6.07, 6.45) is 2.83. The number of hydrogen-bond acceptors (Lipinski definition) is 6. The smallest absolute Gasteiger partial charge is 0.257 e.